The smallest absolute Gasteiger partial charge is 0.331 e. The summed E-state index contributed by atoms with van der Waals surface area (Å²) in [5.74, 6) is -0.916. The van der Waals surface area contributed by atoms with Crippen molar-refractivity contribution in [2.45, 2.75) is 38.2 Å². The number of carbonyl (C=O) groups is 2. The number of carboxylic acids is 1. The molecule has 1 saturated carbocycles. The zero-order valence-electron chi connectivity index (χ0n) is 10.8. The first kappa shape index (κ1) is 14.7. The first-order chi connectivity index (χ1) is 8.52. The molecule has 0 aliphatic heterocycles. The van der Waals surface area contributed by atoms with Crippen LogP contribution in [0.2, 0.25) is 0 Å². The molecule has 0 heterocycles. The largest absolute Gasteiger partial charge is 0.478 e. The Morgan fingerprint density at radius 1 is 1.33 bits per heavy atom. The average Bonchev–Trinajstić information content (AvgIpc) is 2.36. The molecule has 0 bridgehead atoms. The highest BCUT2D eigenvalue weighted by Crippen LogP contribution is 2.25. The summed E-state index contributed by atoms with van der Waals surface area (Å²) >= 11 is 0. The van der Waals surface area contributed by atoms with Crippen molar-refractivity contribution < 1.29 is 19.4 Å². The van der Waals surface area contributed by atoms with Crippen LogP contribution in [0.3, 0.4) is 0 Å². The van der Waals surface area contributed by atoms with Crippen LogP contribution in [-0.2, 0) is 14.3 Å². The van der Waals surface area contributed by atoms with Crippen molar-refractivity contribution in [1.29, 1.82) is 0 Å². The standard InChI is InChI=1S/C13H21NO4/c1-9(13(16)17)7-12(15)14-8-10-3-5-11(18-2)6-4-10/h10-11H,1,3-8H2,2H3,(H,14,15)(H,16,17). The van der Waals surface area contributed by atoms with Gasteiger partial charge in [0.1, 0.15) is 0 Å². The van der Waals surface area contributed by atoms with Gasteiger partial charge >= 0.3 is 5.97 Å². The molecule has 102 valence electrons. The van der Waals surface area contributed by atoms with Gasteiger partial charge in [-0.05, 0) is 31.6 Å². The van der Waals surface area contributed by atoms with Crippen LogP contribution < -0.4 is 5.32 Å². The summed E-state index contributed by atoms with van der Waals surface area (Å²) in [6, 6.07) is 0. The molecule has 0 saturated heterocycles. The Kier molecular flexibility index (Phi) is 5.85. The molecular formula is C13H21NO4. The van der Waals surface area contributed by atoms with E-state index in [0.29, 0.717) is 18.6 Å². The number of aliphatic carboxylic acids is 1. The lowest BCUT2D eigenvalue weighted by Crippen LogP contribution is -2.32. The van der Waals surface area contributed by atoms with Crippen LogP contribution in [0.5, 0.6) is 0 Å². The van der Waals surface area contributed by atoms with E-state index in [9.17, 15) is 9.59 Å². The van der Waals surface area contributed by atoms with Crippen LogP contribution in [0.15, 0.2) is 12.2 Å². The lowest BCUT2D eigenvalue weighted by Gasteiger charge is -2.27. The molecule has 18 heavy (non-hydrogen) atoms. The van der Waals surface area contributed by atoms with Gasteiger partial charge in [0.2, 0.25) is 5.91 Å². The van der Waals surface area contributed by atoms with Crippen LogP contribution in [0.4, 0.5) is 0 Å². The minimum Gasteiger partial charge on any atom is -0.478 e. The number of carboxylic acid groups (broad SMARTS) is 1. The SMILES string of the molecule is C=C(CC(=O)NCC1CCC(OC)CC1)C(=O)O. The van der Waals surface area contributed by atoms with Gasteiger partial charge in [0, 0.05) is 19.2 Å². The molecule has 2 N–H and O–H groups in total. The molecule has 0 radical (unpaired) electrons. The van der Waals surface area contributed by atoms with Crippen LogP contribution in [-0.4, -0.2) is 36.7 Å². The zero-order valence-corrected chi connectivity index (χ0v) is 10.8. The molecule has 1 aliphatic carbocycles. The van der Waals surface area contributed by atoms with E-state index >= 15 is 0 Å². The topological polar surface area (TPSA) is 75.6 Å². The Labute approximate surface area is 107 Å². The van der Waals surface area contributed by atoms with Gasteiger partial charge in [-0.1, -0.05) is 6.58 Å². The van der Waals surface area contributed by atoms with E-state index in [0.717, 1.165) is 25.7 Å². The second-order valence-electron chi connectivity index (χ2n) is 4.77. The van der Waals surface area contributed by atoms with Gasteiger partial charge in [0.05, 0.1) is 12.5 Å². The first-order valence-corrected chi connectivity index (χ1v) is 6.23. The van der Waals surface area contributed by atoms with Gasteiger partial charge in [-0.2, -0.15) is 0 Å². The maximum atomic E-state index is 11.5. The molecule has 1 fully saturated rings. The Hall–Kier alpha value is -1.36. The van der Waals surface area contributed by atoms with Crippen molar-refractivity contribution in [3.05, 3.63) is 12.2 Å². The van der Waals surface area contributed by atoms with Crippen molar-refractivity contribution in [2.75, 3.05) is 13.7 Å². The van der Waals surface area contributed by atoms with Gasteiger partial charge in [-0.3, -0.25) is 4.79 Å². The number of hydrogen-bond donors (Lipinski definition) is 2. The van der Waals surface area contributed by atoms with Gasteiger partial charge in [-0.25, -0.2) is 4.79 Å². The molecule has 1 amide bonds. The van der Waals surface area contributed by atoms with Crippen molar-refractivity contribution >= 4 is 11.9 Å². The van der Waals surface area contributed by atoms with Crippen molar-refractivity contribution in [1.82, 2.24) is 5.32 Å². The van der Waals surface area contributed by atoms with E-state index in [2.05, 4.69) is 11.9 Å². The molecule has 0 aromatic rings. The summed E-state index contributed by atoms with van der Waals surface area (Å²) < 4.78 is 5.28. The lowest BCUT2D eigenvalue weighted by atomic mass is 9.87. The molecule has 0 atom stereocenters. The number of ether oxygens (including phenoxy) is 1. The zero-order chi connectivity index (χ0) is 13.5. The van der Waals surface area contributed by atoms with E-state index in [4.69, 9.17) is 9.84 Å². The Balaban J connectivity index is 2.19. The third-order valence-corrected chi connectivity index (χ3v) is 3.39. The Morgan fingerprint density at radius 2 is 1.94 bits per heavy atom. The molecule has 0 unspecified atom stereocenters. The summed E-state index contributed by atoms with van der Waals surface area (Å²) in [5.41, 5.74) is -0.0735. The molecular weight excluding hydrogens is 234 g/mol. The average molecular weight is 255 g/mol. The van der Waals surface area contributed by atoms with Crippen LogP contribution >= 0.6 is 0 Å². The summed E-state index contributed by atoms with van der Waals surface area (Å²) in [5, 5.41) is 11.4. The molecule has 5 nitrogen and oxygen atoms in total. The first-order valence-electron chi connectivity index (χ1n) is 6.23. The molecule has 5 heteroatoms. The quantitative estimate of drug-likeness (QED) is 0.702. The number of amides is 1. The van der Waals surface area contributed by atoms with E-state index in [-0.39, 0.29) is 17.9 Å². The van der Waals surface area contributed by atoms with Gasteiger partial charge < -0.3 is 15.2 Å². The molecule has 0 aromatic carbocycles. The fraction of sp³-hybridized carbons (Fsp3) is 0.692. The highest BCUT2D eigenvalue weighted by molar-refractivity contribution is 5.93. The fourth-order valence-electron chi connectivity index (χ4n) is 2.16. The monoisotopic (exact) mass is 255 g/mol. The van der Waals surface area contributed by atoms with Crippen molar-refractivity contribution in [3.8, 4) is 0 Å². The van der Waals surface area contributed by atoms with Gasteiger partial charge in [0.25, 0.3) is 0 Å². The Bertz CT molecular complexity index is 319. The summed E-state index contributed by atoms with van der Waals surface area (Å²) in [6.07, 6.45) is 4.35. The highest BCUT2D eigenvalue weighted by atomic mass is 16.5. The van der Waals surface area contributed by atoms with Gasteiger partial charge in [0.15, 0.2) is 0 Å². The number of carbonyl (C=O) groups excluding carboxylic acids is 1. The number of nitrogens with one attached hydrogen (secondary N) is 1. The summed E-state index contributed by atoms with van der Waals surface area (Å²) in [4.78, 5) is 22.0. The minimum atomic E-state index is -1.12. The molecule has 1 rings (SSSR count). The number of rotatable bonds is 6. The lowest BCUT2D eigenvalue weighted by molar-refractivity contribution is -0.134. The third-order valence-electron chi connectivity index (χ3n) is 3.39. The van der Waals surface area contributed by atoms with E-state index in [1.165, 1.54) is 0 Å². The molecule has 1 aliphatic rings. The van der Waals surface area contributed by atoms with Crippen molar-refractivity contribution in [3.63, 3.8) is 0 Å². The summed E-state index contributed by atoms with van der Waals surface area (Å²) in [6.45, 7) is 3.95. The van der Waals surface area contributed by atoms with Crippen LogP contribution in [0.25, 0.3) is 0 Å². The Morgan fingerprint density at radius 3 is 2.44 bits per heavy atom. The highest BCUT2D eigenvalue weighted by Gasteiger charge is 2.21. The predicted octanol–water partition coefficient (Wildman–Crippen LogP) is 1.34. The number of hydrogen-bond acceptors (Lipinski definition) is 3. The fourth-order valence-corrected chi connectivity index (χ4v) is 2.16. The third kappa shape index (κ3) is 4.87. The van der Waals surface area contributed by atoms with Crippen LogP contribution in [0, 0.1) is 5.92 Å². The van der Waals surface area contributed by atoms with Gasteiger partial charge in [-0.15, -0.1) is 0 Å². The van der Waals surface area contributed by atoms with Crippen molar-refractivity contribution in [2.24, 2.45) is 5.92 Å². The normalized spacial score (nSPS) is 23.4. The predicted molar refractivity (Wildman–Crippen MR) is 67.2 cm³/mol. The second kappa shape index (κ2) is 7.16. The minimum absolute atomic E-state index is 0.0735. The van der Waals surface area contributed by atoms with E-state index in [1.54, 1.807) is 7.11 Å². The molecule has 0 spiro atoms. The number of methoxy groups -OCH3 is 1. The van der Waals surface area contributed by atoms with Crippen LogP contribution in [0.1, 0.15) is 32.1 Å². The maximum Gasteiger partial charge on any atom is 0.331 e. The van der Waals surface area contributed by atoms with E-state index < -0.39 is 5.97 Å². The maximum absolute atomic E-state index is 11.5. The van der Waals surface area contributed by atoms with E-state index in [1.807, 2.05) is 0 Å². The molecule has 0 aromatic heterocycles. The summed E-state index contributed by atoms with van der Waals surface area (Å²) in [7, 11) is 1.73. The second-order valence-corrected chi connectivity index (χ2v) is 4.77.